The lowest BCUT2D eigenvalue weighted by Crippen LogP contribution is -2.37. The smallest absolute Gasteiger partial charge is 0.107 e. The Labute approximate surface area is 118 Å². The highest BCUT2D eigenvalue weighted by molar-refractivity contribution is 8.00. The van der Waals surface area contributed by atoms with Crippen molar-refractivity contribution in [1.29, 1.82) is 0 Å². The van der Waals surface area contributed by atoms with Gasteiger partial charge in [0.25, 0.3) is 0 Å². The molecule has 3 nitrogen and oxygen atoms in total. The molecule has 0 saturated carbocycles. The summed E-state index contributed by atoms with van der Waals surface area (Å²) in [6.07, 6.45) is 1.28. The first-order chi connectivity index (χ1) is 8.81. The van der Waals surface area contributed by atoms with E-state index in [0.717, 1.165) is 24.9 Å². The van der Waals surface area contributed by atoms with Gasteiger partial charge in [0.05, 0.1) is 5.69 Å². The standard InChI is InChI=1S/C13H23N3S2/c1-3-12-9-16(5-6-17-12)8-11-10-18-13(15-11)7-14-4-2/h10,12,14H,3-9H2,1-2H3. The van der Waals surface area contributed by atoms with Crippen LogP contribution in [0.25, 0.3) is 0 Å². The monoisotopic (exact) mass is 285 g/mol. The highest BCUT2D eigenvalue weighted by Crippen LogP contribution is 2.22. The SMILES string of the molecule is CCNCc1nc(CN2CCSC(CC)C2)cs1. The average Bonchev–Trinajstić information content (AvgIpc) is 2.84. The fourth-order valence-corrected chi connectivity index (χ4v) is 4.14. The Balaban J connectivity index is 1.83. The molecule has 1 aromatic rings. The first kappa shape index (κ1) is 14.3. The second-order valence-corrected chi connectivity index (χ2v) is 7.00. The molecule has 2 rings (SSSR count). The van der Waals surface area contributed by atoms with Crippen molar-refractivity contribution in [3.8, 4) is 0 Å². The number of thioether (sulfide) groups is 1. The Morgan fingerprint density at radius 1 is 1.50 bits per heavy atom. The molecule has 1 aromatic heterocycles. The van der Waals surface area contributed by atoms with Crippen LogP contribution >= 0.6 is 23.1 Å². The molecule has 0 aliphatic carbocycles. The predicted octanol–water partition coefficient (Wildman–Crippen LogP) is 2.58. The zero-order valence-electron chi connectivity index (χ0n) is 11.3. The molecule has 0 amide bonds. The molecule has 1 saturated heterocycles. The van der Waals surface area contributed by atoms with Crippen LogP contribution in [0.5, 0.6) is 0 Å². The largest absolute Gasteiger partial charge is 0.311 e. The van der Waals surface area contributed by atoms with E-state index in [1.165, 1.54) is 36.0 Å². The van der Waals surface area contributed by atoms with Gasteiger partial charge in [-0.15, -0.1) is 11.3 Å². The van der Waals surface area contributed by atoms with Gasteiger partial charge in [0.2, 0.25) is 0 Å². The summed E-state index contributed by atoms with van der Waals surface area (Å²) in [6, 6.07) is 0. The molecule has 1 fully saturated rings. The van der Waals surface area contributed by atoms with E-state index >= 15 is 0 Å². The molecular formula is C13H23N3S2. The zero-order valence-corrected chi connectivity index (χ0v) is 12.9. The van der Waals surface area contributed by atoms with Crippen molar-refractivity contribution in [2.45, 2.75) is 38.6 Å². The summed E-state index contributed by atoms with van der Waals surface area (Å²) in [4.78, 5) is 7.25. The Kier molecular flexibility index (Phi) is 5.95. The average molecular weight is 285 g/mol. The summed E-state index contributed by atoms with van der Waals surface area (Å²) in [6.45, 7) is 9.80. The van der Waals surface area contributed by atoms with Gasteiger partial charge in [-0.1, -0.05) is 13.8 Å². The highest BCUT2D eigenvalue weighted by Gasteiger charge is 2.19. The van der Waals surface area contributed by atoms with Crippen LogP contribution in [0.2, 0.25) is 0 Å². The summed E-state index contributed by atoms with van der Waals surface area (Å²) in [5, 5.41) is 7.58. The number of hydrogen-bond acceptors (Lipinski definition) is 5. The molecule has 1 N–H and O–H groups in total. The Hall–Kier alpha value is -0.100. The molecule has 1 unspecified atom stereocenters. The first-order valence-electron chi connectivity index (χ1n) is 6.79. The van der Waals surface area contributed by atoms with E-state index < -0.39 is 0 Å². The highest BCUT2D eigenvalue weighted by atomic mass is 32.2. The van der Waals surface area contributed by atoms with Crippen LogP contribution in [-0.4, -0.2) is 40.5 Å². The molecule has 18 heavy (non-hydrogen) atoms. The topological polar surface area (TPSA) is 28.2 Å². The number of thiazole rings is 1. The van der Waals surface area contributed by atoms with Gasteiger partial charge < -0.3 is 5.32 Å². The van der Waals surface area contributed by atoms with Crippen molar-refractivity contribution in [3.05, 3.63) is 16.1 Å². The van der Waals surface area contributed by atoms with Crippen molar-refractivity contribution in [1.82, 2.24) is 15.2 Å². The number of nitrogens with one attached hydrogen (secondary N) is 1. The molecule has 0 spiro atoms. The van der Waals surface area contributed by atoms with E-state index in [0.29, 0.717) is 0 Å². The van der Waals surface area contributed by atoms with Crippen LogP contribution in [-0.2, 0) is 13.1 Å². The van der Waals surface area contributed by atoms with Crippen molar-refractivity contribution in [3.63, 3.8) is 0 Å². The summed E-state index contributed by atoms with van der Waals surface area (Å²) < 4.78 is 0. The number of aromatic nitrogens is 1. The quantitative estimate of drug-likeness (QED) is 0.869. The van der Waals surface area contributed by atoms with Gasteiger partial charge in [-0.05, 0) is 13.0 Å². The fraction of sp³-hybridized carbons (Fsp3) is 0.769. The maximum absolute atomic E-state index is 4.70. The summed E-state index contributed by atoms with van der Waals surface area (Å²) in [5.41, 5.74) is 1.25. The molecule has 102 valence electrons. The molecule has 2 heterocycles. The van der Waals surface area contributed by atoms with Crippen LogP contribution in [0.3, 0.4) is 0 Å². The van der Waals surface area contributed by atoms with Crippen molar-refractivity contribution in [2.75, 3.05) is 25.4 Å². The van der Waals surface area contributed by atoms with E-state index in [2.05, 4.69) is 41.2 Å². The molecule has 1 atom stereocenters. The van der Waals surface area contributed by atoms with Crippen molar-refractivity contribution in [2.24, 2.45) is 0 Å². The molecular weight excluding hydrogens is 262 g/mol. The van der Waals surface area contributed by atoms with Crippen molar-refractivity contribution < 1.29 is 0 Å². The van der Waals surface area contributed by atoms with E-state index in [1.54, 1.807) is 11.3 Å². The molecule has 0 bridgehead atoms. The van der Waals surface area contributed by atoms with Gasteiger partial charge in [-0.2, -0.15) is 11.8 Å². The third-order valence-corrected chi connectivity index (χ3v) is 5.46. The second-order valence-electron chi connectivity index (χ2n) is 4.65. The van der Waals surface area contributed by atoms with Gasteiger partial charge in [0.1, 0.15) is 5.01 Å². The van der Waals surface area contributed by atoms with E-state index in [1.807, 2.05) is 0 Å². The van der Waals surface area contributed by atoms with Gasteiger partial charge in [0.15, 0.2) is 0 Å². The summed E-state index contributed by atoms with van der Waals surface area (Å²) >= 11 is 3.90. The van der Waals surface area contributed by atoms with Crippen LogP contribution < -0.4 is 5.32 Å². The van der Waals surface area contributed by atoms with Gasteiger partial charge in [-0.3, -0.25) is 4.90 Å². The maximum Gasteiger partial charge on any atom is 0.107 e. The maximum atomic E-state index is 4.70. The zero-order chi connectivity index (χ0) is 12.8. The van der Waals surface area contributed by atoms with Crippen molar-refractivity contribution >= 4 is 23.1 Å². The third kappa shape index (κ3) is 4.23. The minimum Gasteiger partial charge on any atom is -0.311 e. The van der Waals surface area contributed by atoms with Gasteiger partial charge >= 0.3 is 0 Å². The third-order valence-electron chi connectivity index (χ3n) is 3.19. The van der Waals surface area contributed by atoms with E-state index in [-0.39, 0.29) is 0 Å². The number of hydrogen-bond donors (Lipinski definition) is 1. The van der Waals surface area contributed by atoms with Crippen LogP contribution in [0.1, 0.15) is 31.0 Å². The number of rotatable bonds is 6. The second kappa shape index (κ2) is 7.48. The minimum atomic E-state index is 0.818. The Bertz CT molecular complexity index is 354. The van der Waals surface area contributed by atoms with E-state index in [9.17, 15) is 0 Å². The Morgan fingerprint density at radius 3 is 3.17 bits per heavy atom. The molecule has 0 aromatic carbocycles. The van der Waals surface area contributed by atoms with Crippen LogP contribution in [0, 0.1) is 0 Å². The predicted molar refractivity (Wildman–Crippen MR) is 81.3 cm³/mol. The lowest BCUT2D eigenvalue weighted by Gasteiger charge is -2.31. The lowest BCUT2D eigenvalue weighted by molar-refractivity contribution is 0.270. The van der Waals surface area contributed by atoms with E-state index in [4.69, 9.17) is 4.98 Å². The van der Waals surface area contributed by atoms with Crippen LogP contribution in [0.4, 0.5) is 0 Å². The van der Waals surface area contributed by atoms with Crippen LogP contribution in [0.15, 0.2) is 5.38 Å². The molecule has 0 radical (unpaired) electrons. The fourth-order valence-electron chi connectivity index (χ4n) is 2.13. The summed E-state index contributed by atoms with van der Waals surface area (Å²) in [5.74, 6) is 1.27. The molecule has 1 aliphatic heterocycles. The lowest BCUT2D eigenvalue weighted by atomic mass is 10.3. The Morgan fingerprint density at radius 2 is 2.39 bits per heavy atom. The normalized spacial score (nSPS) is 21.3. The first-order valence-corrected chi connectivity index (χ1v) is 8.72. The number of nitrogens with zero attached hydrogens (tertiary/aromatic N) is 2. The van der Waals surface area contributed by atoms with Gasteiger partial charge in [-0.25, -0.2) is 4.98 Å². The minimum absolute atomic E-state index is 0.818. The van der Waals surface area contributed by atoms with Gasteiger partial charge in [0, 0.05) is 42.6 Å². The summed E-state index contributed by atoms with van der Waals surface area (Å²) in [7, 11) is 0. The molecule has 1 aliphatic rings. The molecule has 5 heteroatoms.